The molecule has 202 valence electrons. The van der Waals surface area contributed by atoms with Crippen LogP contribution in [-0.2, 0) is 26.2 Å². The van der Waals surface area contributed by atoms with Crippen molar-refractivity contribution < 1.29 is 18.0 Å². The van der Waals surface area contributed by atoms with Crippen LogP contribution in [0.4, 0.5) is 5.69 Å². The number of carbonyl (C=O) groups is 2. The first kappa shape index (κ1) is 29.7. The molecule has 38 heavy (non-hydrogen) atoms. The molecule has 0 saturated heterocycles. The van der Waals surface area contributed by atoms with E-state index in [1.54, 1.807) is 66.7 Å². The Balaban J connectivity index is 2.06. The summed E-state index contributed by atoms with van der Waals surface area (Å²) in [5, 5.41) is 3.32. The Morgan fingerprint density at radius 2 is 1.55 bits per heavy atom. The summed E-state index contributed by atoms with van der Waals surface area (Å²) in [6, 6.07) is 20.7. The Morgan fingerprint density at radius 3 is 2.13 bits per heavy atom. The second-order valence-electron chi connectivity index (χ2n) is 9.00. The van der Waals surface area contributed by atoms with Gasteiger partial charge in [-0.05, 0) is 68.3 Å². The second-order valence-corrected chi connectivity index (χ2v) is 12.2. The Labute approximate surface area is 238 Å². The van der Waals surface area contributed by atoms with Crippen molar-refractivity contribution in [1.29, 1.82) is 0 Å². The van der Waals surface area contributed by atoms with E-state index in [0.717, 1.165) is 8.78 Å². The van der Waals surface area contributed by atoms with Gasteiger partial charge in [0.2, 0.25) is 11.8 Å². The largest absolute Gasteiger partial charge is 0.352 e. The minimum Gasteiger partial charge on any atom is -0.352 e. The maximum atomic E-state index is 14.0. The van der Waals surface area contributed by atoms with E-state index in [4.69, 9.17) is 11.6 Å². The smallest absolute Gasteiger partial charge is 0.264 e. The first-order chi connectivity index (χ1) is 18.0. The van der Waals surface area contributed by atoms with Crippen molar-refractivity contribution in [3.63, 3.8) is 0 Å². The Hall–Kier alpha value is -2.88. The quantitative estimate of drug-likeness (QED) is 0.301. The van der Waals surface area contributed by atoms with Gasteiger partial charge < -0.3 is 10.2 Å². The average molecular weight is 621 g/mol. The molecule has 3 aromatic rings. The van der Waals surface area contributed by atoms with Gasteiger partial charge in [-0.2, -0.15) is 0 Å². The number of sulfonamides is 1. The van der Waals surface area contributed by atoms with E-state index in [1.165, 1.54) is 17.0 Å². The third-order valence-corrected chi connectivity index (χ3v) is 8.53. The van der Waals surface area contributed by atoms with Crippen molar-refractivity contribution >= 4 is 55.1 Å². The zero-order valence-corrected chi connectivity index (χ0v) is 24.6. The fourth-order valence-corrected chi connectivity index (χ4v) is 5.86. The molecule has 1 unspecified atom stereocenters. The zero-order valence-electron chi connectivity index (χ0n) is 21.5. The molecule has 0 heterocycles. The van der Waals surface area contributed by atoms with Gasteiger partial charge in [-0.1, -0.05) is 70.9 Å². The van der Waals surface area contributed by atoms with E-state index < -0.39 is 28.5 Å². The number of halogens is 2. The van der Waals surface area contributed by atoms with Gasteiger partial charge in [0.05, 0.1) is 10.6 Å². The molecule has 3 aromatic carbocycles. The summed E-state index contributed by atoms with van der Waals surface area (Å²) in [6.45, 7) is 5.03. The number of rotatable bonds is 11. The molecular formula is C28H31BrClN3O4S. The number of hydrogen-bond acceptors (Lipinski definition) is 4. The molecule has 10 heteroatoms. The number of anilines is 1. The van der Waals surface area contributed by atoms with Crippen molar-refractivity contribution in [3.8, 4) is 0 Å². The van der Waals surface area contributed by atoms with Crippen LogP contribution in [0.15, 0.2) is 88.2 Å². The number of hydrogen-bond donors (Lipinski definition) is 1. The highest BCUT2D eigenvalue weighted by Gasteiger charge is 2.34. The van der Waals surface area contributed by atoms with Gasteiger partial charge in [0.15, 0.2) is 0 Å². The molecule has 2 amide bonds. The summed E-state index contributed by atoms with van der Waals surface area (Å²) in [7, 11) is -4.10. The molecule has 7 nitrogen and oxygen atoms in total. The van der Waals surface area contributed by atoms with Crippen LogP contribution in [0.25, 0.3) is 0 Å². The molecule has 0 spiro atoms. The molecule has 3 rings (SSSR count). The van der Waals surface area contributed by atoms with Gasteiger partial charge in [0.25, 0.3) is 10.0 Å². The van der Waals surface area contributed by atoms with E-state index in [0.29, 0.717) is 22.7 Å². The van der Waals surface area contributed by atoms with E-state index in [9.17, 15) is 18.0 Å². The highest BCUT2D eigenvalue weighted by Crippen LogP contribution is 2.27. The standard InChI is InChI=1S/C28H31BrClN3O4S/c1-4-26(28(35)31-20(2)3)32(18-21-10-8-9-13-25(21)30)27(34)19-33(23-16-14-22(29)15-17-23)38(36,37)24-11-6-5-7-12-24/h5-17,20,26H,4,18-19H2,1-3H3,(H,31,35). The van der Waals surface area contributed by atoms with Crippen LogP contribution < -0.4 is 9.62 Å². The summed E-state index contributed by atoms with van der Waals surface area (Å²) in [5.74, 6) is -0.845. The third kappa shape index (κ3) is 7.36. The summed E-state index contributed by atoms with van der Waals surface area (Å²) >= 11 is 9.78. The highest BCUT2D eigenvalue weighted by atomic mass is 79.9. The van der Waals surface area contributed by atoms with Crippen molar-refractivity contribution in [1.82, 2.24) is 10.2 Å². The molecule has 0 bridgehead atoms. The number of nitrogens with zero attached hydrogens (tertiary/aromatic N) is 2. The first-order valence-corrected chi connectivity index (χ1v) is 14.8. The lowest BCUT2D eigenvalue weighted by molar-refractivity contribution is -0.140. The maximum Gasteiger partial charge on any atom is 0.264 e. The van der Waals surface area contributed by atoms with E-state index >= 15 is 0 Å². The molecule has 0 radical (unpaired) electrons. The monoisotopic (exact) mass is 619 g/mol. The van der Waals surface area contributed by atoms with Gasteiger partial charge in [0, 0.05) is 22.1 Å². The number of benzene rings is 3. The van der Waals surface area contributed by atoms with Crippen LogP contribution in [0.1, 0.15) is 32.8 Å². The van der Waals surface area contributed by atoms with Crippen LogP contribution in [-0.4, -0.2) is 43.8 Å². The van der Waals surface area contributed by atoms with Crippen LogP contribution in [0.3, 0.4) is 0 Å². The SMILES string of the molecule is CCC(C(=O)NC(C)C)N(Cc1ccccc1Cl)C(=O)CN(c1ccc(Br)cc1)S(=O)(=O)c1ccccc1. The predicted molar refractivity (Wildman–Crippen MR) is 154 cm³/mol. The van der Waals surface area contributed by atoms with Gasteiger partial charge in [-0.3, -0.25) is 13.9 Å². The molecule has 0 aliphatic carbocycles. The summed E-state index contributed by atoms with van der Waals surface area (Å²) in [4.78, 5) is 28.6. The second kappa shape index (κ2) is 13.3. The molecule has 0 aliphatic heterocycles. The van der Waals surface area contributed by atoms with Gasteiger partial charge in [-0.15, -0.1) is 0 Å². The minimum absolute atomic E-state index is 0.0437. The maximum absolute atomic E-state index is 14.0. The predicted octanol–water partition coefficient (Wildman–Crippen LogP) is 5.63. The molecular weight excluding hydrogens is 590 g/mol. The van der Waals surface area contributed by atoms with E-state index in [1.807, 2.05) is 20.8 Å². The Kier molecular flexibility index (Phi) is 10.4. The number of nitrogens with one attached hydrogen (secondary N) is 1. The van der Waals surface area contributed by atoms with Crippen molar-refractivity contribution in [2.45, 2.75) is 50.7 Å². The summed E-state index contributed by atoms with van der Waals surface area (Å²) in [6.07, 6.45) is 0.332. The van der Waals surface area contributed by atoms with Crippen molar-refractivity contribution in [2.75, 3.05) is 10.8 Å². The molecule has 0 aromatic heterocycles. The summed E-state index contributed by atoms with van der Waals surface area (Å²) < 4.78 is 29.3. The van der Waals surface area contributed by atoms with E-state index in [-0.39, 0.29) is 23.4 Å². The van der Waals surface area contributed by atoms with Gasteiger partial charge >= 0.3 is 0 Å². The summed E-state index contributed by atoms with van der Waals surface area (Å²) in [5.41, 5.74) is 0.974. The minimum atomic E-state index is -4.10. The van der Waals surface area contributed by atoms with Crippen molar-refractivity contribution in [2.24, 2.45) is 0 Å². The fraction of sp³-hybridized carbons (Fsp3) is 0.286. The van der Waals surface area contributed by atoms with Crippen molar-refractivity contribution in [3.05, 3.63) is 93.9 Å². The lowest BCUT2D eigenvalue weighted by Crippen LogP contribution is -2.53. The third-order valence-electron chi connectivity index (χ3n) is 5.84. The van der Waals surface area contributed by atoms with Gasteiger partial charge in [-0.25, -0.2) is 8.42 Å². The molecule has 0 aliphatic rings. The van der Waals surface area contributed by atoms with E-state index in [2.05, 4.69) is 21.2 Å². The van der Waals surface area contributed by atoms with Crippen LogP contribution in [0.2, 0.25) is 5.02 Å². The van der Waals surface area contributed by atoms with Crippen LogP contribution in [0, 0.1) is 0 Å². The van der Waals surface area contributed by atoms with Crippen LogP contribution >= 0.6 is 27.5 Å². The zero-order chi connectivity index (χ0) is 27.9. The lowest BCUT2D eigenvalue weighted by Gasteiger charge is -2.33. The van der Waals surface area contributed by atoms with Crippen LogP contribution in [0.5, 0.6) is 0 Å². The Morgan fingerprint density at radius 1 is 0.947 bits per heavy atom. The molecule has 1 N–H and O–H groups in total. The topological polar surface area (TPSA) is 86.8 Å². The first-order valence-electron chi connectivity index (χ1n) is 12.2. The lowest BCUT2D eigenvalue weighted by atomic mass is 10.1. The number of amides is 2. The fourth-order valence-electron chi connectivity index (χ4n) is 3.97. The average Bonchev–Trinajstić information content (AvgIpc) is 2.88. The number of carbonyl (C=O) groups excluding carboxylic acids is 2. The normalized spacial score (nSPS) is 12.2. The Bertz CT molecular complexity index is 1350. The molecule has 0 saturated carbocycles. The van der Waals surface area contributed by atoms with Gasteiger partial charge in [0.1, 0.15) is 12.6 Å². The highest BCUT2D eigenvalue weighted by molar-refractivity contribution is 9.10. The molecule has 1 atom stereocenters. The molecule has 0 fully saturated rings.